The molecule has 0 fully saturated rings. The van der Waals surface area contributed by atoms with E-state index in [1.165, 1.54) is 0 Å². The number of methoxy groups -OCH3 is 1. The van der Waals surface area contributed by atoms with Gasteiger partial charge >= 0.3 is 0 Å². The quantitative estimate of drug-likeness (QED) is 0.825. The van der Waals surface area contributed by atoms with Gasteiger partial charge in [-0.15, -0.1) is 0 Å². The van der Waals surface area contributed by atoms with Gasteiger partial charge in [-0.05, 0) is 52.2 Å². The van der Waals surface area contributed by atoms with Crippen LogP contribution in [0, 0.1) is 12.7 Å². The van der Waals surface area contributed by atoms with E-state index in [1.807, 2.05) is 18.2 Å². The lowest BCUT2D eigenvalue weighted by atomic mass is 10.2. The van der Waals surface area contributed by atoms with Crippen molar-refractivity contribution in [1.82, 2.24) is 0 Å². The highest BCUT2D eigenvalue weighted by atomic mass is 79.9. The minimum absolute atomic E-state index is 0.270. The first kappa shape index (κ1) is 13.9. The second kappa shape index (κ2) is 6.06. The molecule has 4 heteroatoms. The summed E-state index contributed by atoms with van der Waals surface area (Å²) in [6, 6.07) is 10.7. The fraction of sp³-hybridized carbons (Fsp3) is 0.200. The number of ether oxygens (including phenoxy) is 2. The van der Waals surface area contributed by atoms with Crippen LogP contribution < -0.4 is 9.47 Å². The maximum Gasteiger partial charge on any atom is 0.167 e. The Morgan fingerprint density at radius 3 is 2.63 bits per heavy atom. The van der Waals surface area contributed by atoms with E-state index < -0.39 is 0 Å². The van der Waals surface area contributed by atoms with Crippen molar-refractivity contribution in [1.29, 1.82) is 0 Å². The summed E-state index contributed by atoms with van der Waals surface area (Å²) in [5.74, 6) is 0.715. The first-order chi connectivity index (χ1) is 9.11. The molecule has 0 aromatic heterocycles. The van der Waals surface area contributed by atoms with E-state index in [1.54, 1.807) is 32.2 Å². The lowest BCUT2D eigenvalue weighted by Crippen LogP contribution is -1.99. The molecule has 0 saturated heterocycles. The van der Waals surface area contributed by atoms with Gasteiger partial charge in [-0.25, -0.2) is 4.39 Å². The van der Waals surface area contributed by atoms with Crippen LogP contribution in [0.15, 0.2) is 40.9 Å². The molecular formula is C15H14BrFO2. The molecule has 0 N–H and O–H groups in total. The van der Waals surface area contributed by atoms with Crippen molar-refractivity contribution in [2.24, 2.45) is 0 Å². The van der Waals surface area contributed by atoms with Crippen molar-refractivity contribution >= 4 is 15.9 Å². The van der Waals surface area contributed by atoms with E-state index >= 15 is 0 Å². The maximum absolute atomic E-state index is 13.7. The van der Waals surface area contributed by atoms with Gasteiger partial charge in [0.1, 0.15) is 12.4 Å². The molecule has 0 heterocycles. The van der Waals surface area contributed by atoms with Crippen LogP contribution in [0.1, 0.15) is 11.1 Å². The van der Waals surface area contributed by atoms with Crippen molar-refractivity contribution in [3.63, 3.8) is 0 Å². The third kappa shape index (κ3) is 3.26. The Balaban J connectivity index is 2.10. The second-order valence-electron chi connectivity index (χ2n) is 4.14. The van der Waals surface area contributed by atoms with E-state index in [9.17, 15) is 4.39 Å². The van der Waals surface area contributed by atoms with E-state index in [0.29, 0.717) is 12.2 Å². The normalized spacial score (nSPS) is 10.3. The second-order valence-corrected chi connectivity index (χ2v) is 5.00. The highest BCUT2D eigenvalue weighted by molar-refractivity contribution is 9.10. The molecule has 19 heavy (non-hydrogen) atoms. The Morgan fingerprint density at radius 2 is 1.95 bits per heavy atom. The zero-order chi connectivity index (χ0) is 13.8. The molecule has 0 aliphatic rings. The summed E-state index contributed by atoms with van der Waals surface area (Å²) in [5, 5.41) is 0. The van der Waals surface area contributed by atoms with Gasteiger partial charge in [0.05, 0.1) is 11.6 Å². The molecule has 0 spiro atoms. The summed E-state index contributed by atoms with van der Waals surface area (Å²) in [7, 11) is 1.61. The van der Waals surface area contributed by atoms with E-state index in [0.717, 1.165) is 15.8 Å². The van der Waals surface area contributed by atoms with E-state index in [4.69, 9.17) is 9.47 Å². The van der Waals surface area contributed by atoms with Gasteiger partial charge in [0.25, 0.3) is 0 Å². The fourth-order valence-corrected chi connectivity index (χ4v) is 2.28. The molecule has 2 rings (SSSR count). The van der Waals surface area contributed by atoms with Gasteiger partial charge in [-0.2, -0.15) is 0 Å². The van der Waals surface area contributed by atoms with E-state index in [2.05, 4.69) is 15.9 Å². The first-order valence-electron chi connectivity index (χ1n) is 5.82. The van der Waals surface area contributed by atoms with Gasteiger partial charge in [0.15, 0.2) is 11.6 Å². The number of hydrogen-bond donors (Lipinski definition) is 0. The van der Waals surface area contributed by atoms with Crippen LogP contribution in [0.3, 0.4) is 0 Å². The maximum atomic E-state index is 13.7. The Labute approximate surface area is 120 Å². The van der Waals surface area contributed by atoms with Gasteiger partial charge in [-0.3, -0.25) is 0 Å². The molecule has 0 aliphatic heterocycles. The topological polar surface area (TPSA) is 18.5 Å². The highest BCUT2D eigenvalue weighted by Gasteiger charge is 2.07. The van der Waals surface area contributed by atoms with Gasteiger partial charge < -0.3 is 9.47 Å². The summed E-state index contributed by atoms with van der Waals surface area (Å²) < 4.78 is 25.2. The number of aryl methyl sites for hydroxylation is 1. The molecule has 100 valence electrons. The molecule has 0 radical (unpaired) electrons. The summed E-state index contributed by atoms with van der Waals surface area (Å²) in [6.45, 7) is 2.02. The van der Waals surface area contributed by atoms with Gasteiger partial charge in [-0.1, -0.05) is 18.2 Å². The number of rotatable bonds is 4. The summed E-state index contributed by atoms with van der Waals surface area (Å²) in [4.78, 5) is 0. The Morgan fingerprint density at radius 1 is 1.16 bits per heavy atom. The van der Waals surface area contributed by atoms with E-state index in [-0.39, 0.29) is 11.6 Å². The lowest BCUT2D eigenvalue weighted by Gasteiger charge is -2.10. The van der Waals surface area contributed by atoms with Crippen LogP contribution in [-0.4, -0.2) is 7.11 Å². The molecular weight excluding hydrogens is 311 g/mol. The summed E-state index contributed by atoms with van der Waals surface area (Å²) >= 11 is 3.40. The highest BCUT2D eigenvalue weighted by Crippen LogP contribution is 2.26. The van der Waals surface area contributed by atoms with Gasteiger partial charge in [0.2, 0.25) is 0 Å². The average Bonchev–Trinajstić information content (AvgIpc) is 2.40. The monoisotopic (exact) mass is 324 g/mol. The van der Waals surface area contributed by atoms with Crippen molar-refractivity contribution < 1.29 is 13.9 Å². The zero-order valence-corrected chi connectivity index (χ0v) is 12.3. The molecule has 2 aromatic carbocycles. The molecule has 0 unspecified atom stereocenters. The van der Waals surface area contributed by atoms with Crippen LogP contribution in [0.5, 0.6) is 11.5 Å². The van der Waals surface area contributed by atoms with Crippen molar-refractivity contribution in [3.05, 3.63) is 57.8 Å². The standard InChI is InChI=1S/C15H14BrFO2/c1-10-4-3-5-14(15(10)17)19-9-11-6-7-13(18-2)12(16)8-11/h3-8H,9H2,1-2H3. The Hall–Kier alpha value is -1.55. The van der Waals surface area contributed by atoms with Crippen molar-refractivity contribution in [3.8, 4) is 11.5 Å². The first-order valence-corrected chi connectivity index (χ1v) is 6.61. The summed E-state index contributed by atoms with van der Waals surface area (Å²) in [6.07, 6.45) is 0. The number of hydrogen-bond acceptors (Lipinski definition) is 2. The zero-order valence-electron chi connectivity index (χ0n) is 10.7. The molecule has 0 amide bonds. The molecule has 0 bridgehead atoms. The van der Waals surface area contributed by atoms with Crippen LogP contribution in [0.2, 0.25) is 0 Å². The predicted octanol–water partition coefficient (Wildman–Crippen LogP) is 4.48. The SMILES string of the molecule is COc1ccc(COc2cccc(C)c2F)cc1Br. The van der Waals surface area contributed by atoms with Crippen LogP contribution in [0.4, 0.5) is 4.39 Å². The minimum atomic E-state index is -0.310. The smallest absolute Gasteiger partial charge is 0.167 e. The lowest BCUT2D eigenvalue weighted by molar-refractivity contribution is 0.289. The molecule has 0 atom stereocenters. The van der Waals surface area contributed by atoms with Crippen LogP contribution in [-0.2, 0) is 6.61 Å². The van der Waals surface area contributed by atoms with Crippen LogP contribution in [0.25, 0.3) is 0 Å². The van der Waals surface area contributed by atoms with Gasteiger partial charge in [0, 0.05) is 0 Å². The molecule has 2 aromatic rings. The third-order valence-corrected chi connectivity index (χ3v) is 3.39. The largest absolute Gasteiger partial charge is 0.496 e. The Kier molecular flexibility index (Phi) is 4.43. The van der Waals surface area contributed by atoms with Crippen molar-refractivity contribution in [2.75, 3.05) is 7.11 Å². The summed E-state index contributed by atoms with van der Waals surface area (Å²) in [5.41, 5.74) is 1.52. The number of halogens is 2. The fourth-order valence-electron chi connectivity index (χ4n) is 1.69. The molecule has 0 aliphatic carbocycles. The third-order valence-electron chi connectivity index (χ3n) is 2.77. The average molecular weight is 325 g/mol. The minimum Gasteiger partial charge on any atom is -0.496 e. The molecule has 0 saturated carbocycles. The molecule has 2 nitrogen and oxygen atoms in total. The van der Waals surface area contributed by atoms with Crippen molar-refractivity contribution in [2.45, 2.75) is 13.5 Å². The predicted molar refractivity (Wildman–Crippen MR) is 76.2 cm³/mol. The van der Waals surface area contributed by atoms with Crippen LogP contribution >= 0.6 is 15.9 Å². The number of benzene rings is 2. The Bertz CT molecular complexity index is 584.